The number of hydrogen-bond acceptors (Lipinski definition) is 4. The molecule has 150 valence electrons. The van der Waals surface area contributed by atoms with Crippen molar-refractivity contribution in [2.45, 2.75) is 6.42 Å². The lowest BCUT2D eigenvalue weighted by Gasteiger charge is -2.10. The fourth-order valence-electron chi connectivity index (χ4n) is 3.46. The summed E-state index contributed by atoms with van der Waals surface area (Å²) in [5.41, 5.74) is 4.43. The number of nitrogens with one attached hydrogen (secondary N) is 1. The zero-order chi connectivity index (χ0) is 21.0. The van der Waals surface area contributed by atoms with Crippen LogP contribution < -0.4 is 5.32 Å². The molecule has 0 aliphatic carbocycles. The van der Waals surface area contributed by atoms with Crippen LogP contribution in [0, 0.1) is 0 Å². The predicted octanol–water partition coefficient (Wildman–Crippen LogP) is 4.64. The van der Waals surface area contributed by atoms with Gasteiger partial charge in [-0.1, -0.05) is 60.7 Å². The quantitative estimate of drug-likeness (QED) is 0.462. The Balaban J connectivity index is 1.57. The molecule has 1 amide bonds. The molecule has 0 aliphatic heterocycles. The van der Waals surface area contributed by atoms with E-state index in [4.69, 9.17) is 4.98 Å². The molecule has 0 saturated carbocycles. The number of nitrogens with zero attached hydrogens (tertiary/aromatic N) is 4. The highest BCUT2D eigenvalue weighted by atomic mass is 16.1. The summed E-state index contributed by atoms with van der Waals surface area (Å²) in [4.78, 5) is 21.6. The molecule has 3 heterocycles. The Morgan fingerprint density at radius 1 is 0.806 bits per heavy atom. The van der Waals surface area contributed by atoms with E-state index in [1.807, 2.05) is 84.9 Å². The van der Waals surface area contributed by atoms with Gasteiger partial charge in [0.05, 0.1) is 6.42 Å². The van der Waals surface area contributed by atoms with Crippen molar-refractivity contribution in [1.82, 2.24) is 19.6 Å². The number of aromatic nitrogens is 4. The van der Waals surface area contributed by atoms with Crippen molar-refractivity contribution >= 4 is 17.4 Å². The van der Waals surface area contributed by atoms with Crippen molar-refractivity contribution in [3.05, 3.63) is 103 Å². The van der Waals surface area contributed by atoms with E-state index in [9.17, 15) is 4.79 Å². The Hall–Kier alpha value is -4.32. The van der Waals surface area contributed by atoms with Gasteiger partial charge in [0.25, 0.3) is 0 Å². The molecule has 0 fully saturated rings. The average Bonchev–Trinajstić information content (AvgIpc) is 3.26. The predicted molar refractivity (Wildman–Crippen MR) is 120 cm³/mol. The molecule has 0 radical (unpaired) electrons. The van der Waals surface area contributed by atoms with E-state index >= 15 is 0 Å². The number of fused-ring (bicyclic) bond motifs is 1. The van der Waals surface area contributed by atoms with E-state index in [0.717, 1.165) is 22.3 Å². The second kappa shape index (κ2) is 8.20. The van der Waals surface area contributed by atoms with Gasteiger partial charge in [0, 0.05) is 18.0 Å². The summed E-state index contributed by atoms with van der Waals surface area (Å²) in [5, 5.41) is 7.67. The zero-order valence-electron chi connectivity index (χ0n) is 16.6. The molecule has 3 aromatic heterocycles. The third-order valence-electron chi connectivity index (χ3n) is 4.96. The molecular weight excluding hydrogens is 386 g/mol. The average molecular weight is 405 g/mol. The maximum Gasteiger partial charge on any atom is 0.229 e. The molecule has 31 heavy (non-hydrogen) atoms. The summed E-state index contributed by atoms with van der Waals surface area (Å²) >= 11 is 0. The minimum absolute atomic E-state index is 0.115. The molecule has 0 unspecified atom stereocenters. The number of hydrogen-bond donors (Lipinski definition) is 1. The largest absolute Gasteiger partial charge is 0.310 e. The molecule has 0 bridgehead atoms. The van der Waals surface area contributed by atoms with Gasteiger partial charge in [-0.25, -0.2) is 4.98 Å². The Morgan fingerprint density at radius 3 is 2.26 bits per heavy atom. The highest BCUT2D eigenvalue weighted by Gasteiger charge is 2.14. The van der Waals surface area contributed by atoms with E-state index in [-0.39, 0.29) is 12.3 Å². The molecule has 0 spiro atoms. The SMILES string of the molecule is O=C(Cc1ccccc1)Nc1cc(-c2ccncc2)cc2nc(-c3ccccc3)nn12. The number of pyridine rings is 2. The molecule has 2 aromatic carbocycles. The van der Waals surface area contributed by atoms with Crippen LogP contribution >= 0.6 is 0 Å². The number of anilines is 1. The van der Waals surface area contributed by atoms with Crippen molar-refractivity contribution in [2.24, 2.45) is 0 Å². The second-order valence-electron chi connectivity index (χ2n) is 7.15. The second-order valence-corrected chi connectivity index (χ2v) is 7.15. The first-order chi connectivity index (χ1) is 15.3. The molecule has 1 N–H and O–H groups in total. The van der Waals surface area contributed by atoms with Crippen molar-refractivity contribution in [3.8, 4) is 22.5 Å². The molecule has 6 nitrogen and oxygen atoms in total. The summed E-state index contributed by atoms with van der Waals surface area (Å²) < 4.78 is 1.68. The third-order valence-corrected chi connectivity index (χ3v) is 4.96. The summed E-state index contributed by atoms with van der Waals surface area (Å²) in [5.74, 6) is 1.06. The van der Waals surface area contributed by atoms with E-state index in [1.165, 1.54) is 0 Å². The van der Waals surface area contributed by atoms with Gasteiger partial charge >= 0.3 is 0 Å². The van der Waals surface area contributed by atoms with Crippen LogP contribution in [0.2, 0.25) is 0 Å². The van der Waals surface area contributed by atoms with Crippen molar-refractivity contribution in [3.63, 3.8) is 0 Å². The van der Waals surface area contributed by atoms with Gasteiger partial charge in [0.15, 0.2) is 11.5 Å². The number of rotatable bonds is 5. The number of amides is 1. The van der Waals surface area contributed by atoms with E-state index in [1.54, 1.807) is 16.9 Å². The van der Waals surface area contributed by atoms with Crippen LogP contribution in [0.3, 0.4) is 0 Å². The van der Waals surface area contributed by atoms with Crippen molar-refractivity contribution in [1.29, 1.82) is 0 Å². The molecule has 5 aromatic rings. The van der Waals surface area contributed by atoms with E-state index in [0.29, 0.717) is 17.3 Å². The van der Waals surface area contributed by atoms with E-state index in [2.05, 4.69) is 15.4 Å². The number of carbonyl (C=O) groups excluding carboxylic acids is 1. The highest BCUT2D eigenvalue weighted by Crippen LogP contribution is 2.26. The summed E-state index contributed by atoms with van der Waals surface area (Å²) in [7, 11) is 0. The van der Waals surface area contributed by atoms with Gasteiger partial charge in [-0.15, -0.1) is 5.10 Å². The lowest BCUT2D eigenvalue weighted by atomic mass is 10.1. The van der Waals surface area contributed by atoms with Gasteiger partial charge in [0.1, 0.15) is 5.82 Å². The Bertz CT molecular complexity index is 1330. The van der Waals surface area contributed by atoms with Crippen LogP contribution in [-0.2, 0) is 11.2 Å². The Labute approximate surface area is 179 Å². The minimum Gasteiger partial charge on any atom is -0.310 e. The molecular formula is C25H19N5O. The molecule has 0 atom stereocenters. The minimum atomic E-state index is -0.115. The van der Waals surface area contributed by atoms with Crippen LogP contribution in [0.25, 0.3) is 28.2 Å². The van der Waals surface area contributed by atoms with Crippen LogP contribution in [0.15, 0.2) is 97.3 Å². The van der Waals surface area contributed by atoms with Gasteiger partial charge < -0.3 is 5.32 Å². The Kier molecular flexibility index (Phi) is 4.94. The maximum absolute atomic E-state index is 12.8. The summed E-state index contributed by atoms with van der Waals surface area (Å²) in [6.45, 7) is 0. The first-order valence-electron chi connectivity index (χ1n) is 9.97. The van der Waals surface area contributed by atoms with Gasteiger partial charge in [0.2, 0.25) is 5.91 Å². The lowest BCUT2D eigenvalue weighted by molar-refractivity contribution is -0.115. The van der Waals surface area contributed by atoms with Gasteiger partial charge in [-0.2, -0.15) is 4.52 Å². The third kappa shape index (κ3) is 4.04. The van der Waals surface area contributed by atoms with Crippen LogP contribution in [0.1, 0.15) is 5.56 Å². The van der Waals surface area contributed by atoms with Crippen LogP contribution in [0.4, 0.5) is 5.82 Å². The summed E-state index contributed by atoms with van der Waals surface area (Å²) in [6.07, 6.45) is 3.76. The topological polar surface area (TPSA) is 72.2 Å². The first-order valence-corrected chi connectivity index (χ1v) is 9.97. The van der Waals surface area contributed by atoms with Crippen LogP contribution in [-0.4, -0.2) is 25.5 Å². The molecule has 5 rings (SSSR count). The van der Waals surface area contributed by atoms with E-state index < -0.39 is 0 Å². The standard InChI is InChI=1S/C25H19N5O/c31-24(15-18-7-3-1-4-8-18)27-22-16-21(19-11-13-26-14-12-19)17-23-28-25(29-30(22)23)20-9-5-2-6-10-20/h1-14,16-17H,15H2,(H,27,31). The summed E-state index contributed by atoms with van der Waals surface area (Å²) in [6, 6.07) is 27.2. The first kappa shape index (κ1) is 18.7. The number of benzene rings is 2. The Morgan fingerprint density at radius 2 is 1.52 bits per heavy atom. The fourth-order valence-corrected chi connectivity index (χ4v) is 3.46. The monoisotopic (exact) mass is 405 g/mol. The van der Waals surface area contributed by atoms with Crippen LogP contribution in [0.5, 0.6) is 0 Å². The van der Waals surface area contributed by atoms with Crippen molar-refractivity contribution in [2.75, 3.05) is 5.32 Å². The van der Waals surface area contributed by atoms with Crippen molar-refractivity contribution < 1.29 is 4.79 Å². The smallest absolute Gasteiger partial charge is 0.229 e. The maximum atomic E-state index is 12.8. The molecule has 6 heteroatoms. The highest BCUT2D eigenvalue weighted by molar-refractivity contribution is 5.92. The lowest BCUT2D eigenvalue weighted by Crippen LogP contribution is -2.17. The number of carbonyl (C=O) groups is 1. The zero-order valence-corrected chi connectivity index (χ0v) is 16.6. The van der Waals surface area contributed by atoms with Gasteiger partial charge in [-0.05, 0) is 41.0 Å². The fraction of sp³-hybridized carbons (Fsp3) is 0.0400. The normalized spacial score (nSPS) is 10.8. The van der Waals surface area contributed by atoms with Gasteiger partial charge in [-0.3, -0.25) is 9.78 Å². The molecule has 0 saturated heterocycles. The molecule has 0 aliphatic rings.